The number of hydrogen-bond donors (Lipinski definition) is 2. The molecule has 18 heavy (non-hydrogen) atoms. The van der Waals surface area contributed by atoms with Crippen molar-refractivity contribution in [2.75, 3.05) is 6.54 Å². The van der Waals surface area contributed by atoms with Gasteiger partial charge in [-0.05, 0) is 12.0 Å². The van der Waals surface area contributed by atoms with Crippen molar-refractivity contribution >= 4 is 6.03 Å². The second-order valence-corrected chi connectivity index (χ2v) is 3.81. The number of carbonyl (C=O) groups excluding carboxylic acids is 1. The van der Waals surface area contributed by atoms with Crippen LogP contribution in [0, 0.1) is 0 Å². The number of halogens is 3. The van der Waals surface area contributed by atoms with Crippen molar-refractivity contribution in [2.24, 2.45) is 0 Å². The predicted octanol–water partition coefficient (Wildman–Crippen LogP) is 2.83. The third kappa shape index (κ3) is 6.78. The van der Waals surface area contributed by atoms with Gasteiger partial charge in [-0.1, -0.05) is 30.3 Å². The summed E-state index contributed by atoms with van der Waals surface area (Å²) in [5.41, 5.74) is 0.933. The average molecular weight is 260 g/mol. The molecule has 0 saturated heterocycles. The van der Waals surface area contributed by atoms with E-state index < -0.39 is 18.6 Å². The molecule has 0 unspecified atom stereocenters. The van der Waals surface area contributed by atoms with Crippen LogP contribution in [0.3, 0.4) is 0 Å². The van der Waals surface area contributed by atoms with Crippen molar-refractivity contribution in [1.29, 1.82) is 0 Å². The monoisotopic (exact) mass is 260 g/mol. The summed E-state index contributed by atoms with van der Waals surface area (Å²) < 4.78 is 35.5. The van der Waals surface area contributed by atoms with Gasteiger partial charge in [-0.2, -0.15) is 13.2 Å². The van der Waals surface area contributed by atoms with Gasteiger partial charge in [0.2, 0.25) is 0 Å². The lowest BCUT2D eigenvalue weighted by Crippen LogP contribution is -2.35. The van der Waals surface area contributed by atoms with Crippen LogP contribution in [0.15, 0.2) is 30.3 Å². The molecule has 100 valence electrons. The molecule has 6 heteroatoms. The molecule has 1 aromatic carbocycles. The van der Waals surface area contributed by atoms with Gasteiger partial charge < -0.3 is 10.6 Å². The van der Waals surface area contributed by atoms with Crippen molar-refractivity contribution in [3.63, 3.8) is 0 Å². The highest BCUT2D eigenvalue weighted by atomic mass is 19.4. The van der Waals surface area contributed by atoms with Gasteiger partial charge in [-0.15, -0.1) is 0 Å². The summed E-state index contributed by atoms with van der Waals surface area (Å²) in [5.74, 6) is 0. The predicted molar refractivity (Wildman–Crippen MR) is 62.0 cm³/mol. The Balaban J connectivity index is 2.11. The van der Waals surface area contributed by atoms with Gasteiger partial charge in [0.1, 0.15) is 0 Å². The molecular formula is C12H15F3N2O. The highest BCUT2D eigenvalue weighted by Gasteiger charge is 2.25. The number of rotatable bonds is 5. The summed E-state index contributed by atoms with van der Waals surface area (Å²) >= 11 is 0. The van der Waals surface area contributed by atoms with E-state index in [2.05, 4.69) is 10.6 Å². The molecule has 0 aliphatic carbocycles. The van der Waals surface area contributed by atoms with Gasteiger partial charge in [-0.3, -0.25) is 0 Å². The van der Waals surface area contributed by atoms with Crippen LogP contribution in [0.4, 0.5) is 18.0 Å². The number of amides is 2. The number of hydrogen-bond acceptors (Lipinski definition) is 1. The van der Waals surface area contributed by atoms with E-state index in [1.165, 1.54) is 0 Å². The van der Waals surface area contributed by atoms with Crippen molar-refractivity contribution in [1.82, 2.24) is 10.6 Å². The normalized spacial score (nSPS) is 11.1. The third-order valence-corrected chi connectivity index (χ3v) is 2.22. The maximum absolute atomic E-state index is 11.8. The van der Waals surface area contributed by atoms with Gasteiger partial charge >= 0.3 is 12.2 Å². The lowest BCUT2D eigenvalue weighted by Gasteiger charge is -2.08. The van der Waals surface area contributed by atoms with E-state index in [-0.39, 0.29) is 13.0 Å². The van der Waals surface area contributed by atoms with E-state index >= 15 is 0 Å². The molecule has 0 atom stereocenters. The summed E-state index contributed by atoms with van der Waals surface area (Å²) in [5, 5.41) is 4.94. The number of benzene rings is 1. The molecule has 0 bridgehead atoms. The molecule has 0 fully saturated rings. The molecule has 0 aromatic heterocycles. The topological polar surface area (TPSA) is 41.1 Å². The Labute approximate surface area is 103 Å². The Morgan fingerprint density at radius 3 is 2.39 bits per heavy atom. The fraction of sp³-hybridized carbons (Fsp3) is 0.417. The first-order chi connectivity index (χ1) is 8.47. The van der Waals surface area contributed by atoms with Gasteiger partial charge in [-0.25, -0.2) is 4.79 Å². The first-order valence-electron chi connectivity index (χ1n) is 5.60. The smallest absolute Gasteiger partial charge is 0.338 e. The zero-order valence-electron chi connectivity index (χ0n) is 9.76. The Kier molecular flexibility index (Phi) is 5.48. The van der Waals surface area contributed by atoms with E-state index in [4.69, 9.17) is 0 Å². The second kappa shape index (κ2) is 6.88. The van der Waals surface area contributed by atoms with Gasteiger partial charge in [0.15, 0.2) is 0 Å². The number of nitrogens with one attached hydrogen (secondary N) is 2. The van der Waals surface area contributed by atoms with Gasteiger partial charge in [0.05, 0.1) is 0 Å². The molecule has 0 radical (unpaired) electrons. The van der Waals surface area contributed by atoms with Crippen LogP contribution in [0.25, 0.3) is 0 Å². The standard InChI is InChI=1S/C12H15F3N2O/c13-12(14,15)7-4-8-16-11(18)17-9-10-5-2-1-3-6-10/h1-3,5-6H,4,7-9H2,(H2,16,17,18). The van der Waals surface area contributed by atoms with Crippen molar-refractivity contribution in [3.05, 3.63) is 35.9 Å². The van der Waals surface area contributed by atoms with Crippen LogP contribution in [-0.2, 0) is 6.54 Å². The average Bonchev–Trinajstić information content (AvgIpc) is 2.32. The largest absolute Gasteiger partial charge is 0.389 e. The Morgan fingerprint density at radius 2 is 1.78 bits per heavy atom. The number of carbonyl (C=O) groups is 1. The first kappa shape index (κ1) is 14.3. The Morgan fingerprint density at radius 1 is 1.11 bits per heavy atom. The van der Waals surface area contributed by atoms with Crippen LogP contribution in [-0.4, -0.2) is 18.8 Å². The highest BCUT2D eigenvalue weighted by Crippen LogP contribution is 2.20. The van der Waals surface area contributed by atoms with E-state index in [0.29, 0.717) is 6.54 Å². The Hall–Kier alpha value is -1.72. The number of urea groups is 1. The molecule has 1 aromatic rings. The van der Waals surface area contributed by atoms with Crippen LogP contribution in [0.2, 0.25) is 0 Å². The minimum Gasteiger partial charge on any atom is -0.338 e. The second-order valence-electron chi connectivity index (χ2n) is 3.81. The molecule has 0 aliphatic rings. The SMILES string of the molecule is O=C(NCCCC(F)(F)F)NCc1ccccc1. The molecule has 1 rings (SSSR count). The van der Waals surface area contributed by atoms with Gasteiger partial charge in [0.25, 0.3) is 0 Å². The molecule has 2 N–H and O–H groups in total. The van der Waals surface area contributed by atoms with Crippen molar-refractivity contribution in [2.45, 2.75) is 25.6 Å². The van der Waals surface area contributed by atoms with E-state index in [0.717, 1.165) is 5.56 Å². The maximum Gasteiger partial charge on any atom is 0.389 e. The summed E-state index contributed by atoms with van der Waals surface area (Å²) in [7, 11) is 0. The molecule has 3 nitrogen and oxygen atoms in total. The van der Waals surface area contributed by atoms with Crippen LogP contribution >= 0.6 is 0 Å². The van der Waals surface area contributed by atoms with Crippen molar-refractivity contribution < 1.29 is 18.0 Å². The minimum atomic E-state index is -4.16. The van der Waals surface area contributed by atoms with E-state index in [9.17, 15) is 18.0 Å². The molecule has 0 aliphatic heterocycles. The molecule has 0 heterocycles. The molecule has 0 saturated carbocycles. The molecule has 2 amide bonds. The lowest BCUT2D eigenvalue weighted by molar-refractivity contribution is -0.135. The minimum absolute atomic E-state index is 0.0140. The molecular weight excluding hydrogens is 245 g/mol. The fourth-order valence-electron chi connectivity index (χ4n) is 1.33. The highest BCUT2D eigenvalue weighted by molar-refractivity contribution is 5.73. The first-order valence-corrected chi connectivity index (χ1v) is 5.60. The number of alkyl halides is 3. The maximum atomic E-state index is 11.8. The zero-order valence-corrected chi connectivity index (χ0v) is 9.76. The summed E-state index contributed by atoms with van der Waals surface area (Å²) in [6, 6.07) is 8.80. The van der Waals surface area contributed by atoms with Crippen LogP contribution < -0.4 is 10.6 Å². The quantitative estimate of drug-likeness (QED) is 0.785. The van der Waals surface area contributed by atoms with Crippen LogP contribution in [0.1, 0.15) is 18.4 Å². The summed E-state index contributed by atoms with van der Waals surface area (Å²) in [6.07, 6.45) is -5.16. The van der Waals surface area contributed by atoms with Crippen LogP contribution in [0.5, 0.6) is 0 Å². The fourth-order valence-corrected chi connectivity index (χ4v) is 1.33. The molecule has 0 spiro atoms. The zero-order chi connectivity index (χ0) is 13.4. The summed E-state index contributed by atoms with van der Waals surface area (Å²) in [6.45, 7) is 0.367. The Bertz CT molecular complexity index is 365. The lowest BCUT2D eigenvalue weighted by atomic mass is 10.2. The van der Waals surface area contributed by atoms with E-state index in [1.807, 2.05) is 30.3 Å². The van der Waals surface area contributed by atoms with Crippen molar-refractivity contribution in [3.8, 4) is 0 Å². The summed E-state index contributed by atoms with van der Waals surface area (Å²) in [4.78, 5) is 11.2. The van der Waals surface area contributed by atoms with Gasteiger partial charge in [0, 0.05) is 19.5 Å². The third-order valence-electron chi connectivity index (χ3n) is 2.22. The van der Waals surface area contributed by atoms with E-state index in [1.54, 1.807) is 0 Å².